The number of fused-ring (bicyclic) bond motifs is 3. The fourth-order valence-electron chi connectivity index (χ4n) is 4.09. The Morgan fingerprint density at radius 3 is 2.73 bits per heavy atom. The summed E-state index contributed by atoms with van der Waals surface area (Å²) < 4.78 is 21.1. The number of aromatic nitrogens is 2. The highest BCUT2D eigenvalue weighted by atomic mass is 32.2. The van der Waals surface area contributed by atoms with Gasteiger partial charge in [0.25, 0.3) is 5.56 Å². The summed E-state index contributed by atoms with van der Waals surface area (Å²) in [7, 11) is 0. The molecule has 1 aliphatic heterocycles. The van der Waals surface area contributed by atoms with Crippen LogP contribution >= 0.6 is 23.1 Å². The Morgan fingerprint density at radius 2 is 1.94 bits per heavy atom. The van der Waals surface area contributed by atoms with Crippen LogP contribution in [0.25, 0.3) is 15.9 Å². The molecular weight excluding hydrogens is 457 g/mol. The monoisotopic (exact) mass is 481 g/mol. The first-order valence-electron chi connectivity index (χ1n) is 11.0. The first kappa shape index (κ1) is 22.1. The van der Waals surface area contributed by atoms with Gasteiger partial charge in [0.2, 0.25) is 0 Å². The molecule has 0 saturated carbocycles. The predicted molar refractivity (Wildman–Crippen MR) is 132 cm³/mol. The van der Waals surface area contributed by atoms with Gasteiger partial charge in [0.1, 0.15) is 4.83 Å². The van der Waals surface area contributed by atoms with Crippen LogP contribution in [-0.4, -0.2) is 39.9 Å². The third kappa shape index (κ3) is 4.43. The normalized spacial score (nSPS) is 13.9. The highest BCUT2D eigenvalue weighted by Crippen LogP contribution is 2.34. The number of nitrogens with zero attached hydrogens (tertiary/aromatic N) is 3. The molecule has 1 aliphatic rings. The smallest absolute Gasteiger partial charge is 0.267 e. The lowest BCUT2D eigenvalue weighted by Gasteiger charge is -2.25. The van der Waals surface area contributed by atoms with Gasteiger partial charge in [-0.3, -0.25) is 14.3 Å². The van der Waals surface area contributed by atoms with Crippen molar-refractivity contribution >= 4 is 33.3 Å². The number of hydrogen-bond acceptors (Lipinski definition) is 6. The number of ether oxygens (including phenoxy) is 1. The second kappa shape index (κ2) is 9.67. The molecule has 0 unspecified atom stereocenters. The first-order valence-corrected chi connectivity index (χ1v) is 12.8. The molecule has 0 aliphatic carbocycles. The van der Waals surface area contributed by atoms with Gasteiger partial charge in [-0.05, 0) is 42.8 Å². The van der Waals surface area contributed by atoms with Gasteiger partial charge >= 0.3 is 0 Å². The Labute approximate surface area is 199 Å². The average Bonchev–Trinajstić information content (AvgIpc) is 3.21. The Balaban J connectivity index is 1.49. The molecule has 0 fully saturated rings. The van der Waals surface area contributed by atoms with Crippen molar-refractivity contribution in [2.45, 2.75) is 25.0 Å². The maximum absolute atomic E-state index is 13.8. The number of hydrogen-bond donors (Lipinski definition) is 0. The summed E-state index contributed by atoms with van der Waals surface area (Å²) in [6.07, 6.45) is 0.873. The molecule has 33 heavy (non-hydrogen) atoms. The molecule has 3 heterocycles. The van der Waals surface area contributed by atoms with E-state index in [1.165, 1.54) is 22.7 Å². The van der Waals surface area contributed by atoms with Crippen molar-refractivity contribution in [1.82, 2.24) is 14.5 Å². The van der Waals surface area contributed by atoms with Crippen LogP contribution in [-0.2, 0) is 13.0 Å². The minimum atomic E-state index is -0.381. The molecule has 0 N–H and O–H groups in total. The molecule has 170 valence electrons. The van der Waals surface area contributed by atoms with Crippen LogP contribution in [0.2, 0.25) is 0 Å². The van der Waals surface area contributed by atoms with E-state index in [-0.39, 0.29) is 17.1 Å². The summed E-state index contributed by atoms with van der Waals surface area (Å²) in [6, 6.07) is 16.0. The molecule has 2 aromatic heterocycles. The zero-order valence-corrected chi connectivity index (χ0v) is 19.9. The van der Waals surface area contributed by atoms with Crippen molar-refractivity contribution in [3.8, 4) is 11.4 Å². The molecular formula is C25H24FN3O2S2. The minimum absolute atomic E-state index is 0.0221. The second-order valence-corrected chi connectivity index (χ2v) is 9.95. The summed E-state index contributed by atoms with van der Waals surface area (Å²) in [5.41, 5.74) is 1.92. The number of likely N-dealkylation sites (N-methyl/N-ethyl adjacent to an activating group) is 1. The van der Waals surface area contributed by atoms with Gasteiger partial charge in [0.15, 0.2) is 16.7 Å². The Bertz CT molecular complexity index is 1340. The van der Waals surface area contributed by atoms with Crippen LogP contribution < -0.4 is 10.3 Å². The second-order valence-electron chi connectivity index (χ2n) is 7.80. The Hall–Kier alpha value is -2.68. The predicted octanol–water partition coefficient (Wildman–Crippen LogP) is 5.14. The maximum Gasteiger partial charge on any atom is 0.267 e. The van der Waals surface area contributed by atoms with Gasteiger partial charge in [-0.2, -0.15) is 0 Å². The third-order valence-corrected chi connectivity index (χ3v) is 7.81. The number of benzene rings is 2. The molecule has 5 nitrogen and oxygen atoms in total. The van der Waals surface area contributed by atoms with Crippen LogP contribution in [0.3, 0.4) is 0 Å². The SMILES string of the molecule is CCN1CCc2c(sc3nc(SCCOc4ccccc4F)n(-c4ccccc4)c(=O)c23)C1. The molecule has 4 aromatic rings. The van der Waals surface area contributed by atoms with Crippen molar-refractivity contribution in [1.29, 1.82) is 0 Å². The van der Waals surface area contributed by atoms with Gasteiger partial charge in [0, 0.05) is 23.7 Å². The molecule has 0 atom stereocenters. The number of para-hydroxylation sites is 2. The Morgan fingerprint density at radius 1 is 1.15 bits per heavy atom. The lowest BCUT2D eigenvalue weighted by Crippen LogP contribution is -2.30. The largest absolute Gasteiger partial charge is 0.490 e. The van der Waals surface area contributed by atoms with E-state index in [4.69, 9.17) is 9.72 Å². The maximum atomic E-state index is 13.8. The van der Waals surface area contributed by atoms with E-state index in [1.54, 1.807) is 34.1 Å². The average molecular weight is 482 g/mol. The number of thioether (sulfide) groups is 1. The first-order chi connectivity index (χ1) is 16.2. The molecule has 0 amide bonds. The number of rotatable bonds is 7. The molecule has 0 radical (unpaired) electrons. The van der Waals surface area contributed by atoms with Gasteiger partial charge in [-0.1, -0.05) is 49.0 Å². The highest BCUT2D eigenvalue weighted by molar-refractivity contribution is 7.99. The van der Waals surface area contributed by atoms with Gasteiger partial charge < -0.3 is 4.74 Å². The van der Waals surface area contributed by atoms with Crippen LogP contribution in [0.4, 0.5) is 4.39 Å². The third-order valence-electron chi connectivity index (χ3n) is 5.79. The zero-order valence-electron chi connectivity index (χ0n) is 18.3. The summed E-state index contributed by atoms with van der Waals surface area (Å²) >= 11 is 3.08. The topological polar surface area (TPSA) is 47.4 Å². The van der Waals surface area contributed by atoms with Crippen LogP contribution in [0.5, 0.6) is 5.75 Å². The summed E-state index contributed by atoms with van der Waals surface area (Å²) in [5.74, 6) is 0.385. The van der Waals surface area contributed by atoms with Crippen LogP contribution in [0, 0.1) is 5.82 Å². The van der Waals surface area contributed by atoms with Crippen molar-refractivity contribution in [2.24, 2.45) is 0 Å². The zero-order chi connectivity index (χ0) is 22.8. The lowest BCUT2D eigenvalue weighted by molar-refractivity contribution is 0.272. The quantitative estimate of drug-likeness (QED) is 0.208. The molecule has 0 spiro atoms. The lowest BCUT2D eigenvalue weighted by atomic mass is 10.1. The van der Waals surface area contributed by atoms with Crippen molar-refractivity contribution < 1.29 is 9.13 Å². The van der Waals surface area contributed by atoms with Crippen molar-refractivity contribution in [3.63, 3.8) is 0 Å². The van der Waals surface area contributed by atoms with E-state index in [0.29, 0.717) is 17.5 Å². The summed E-state index contributed by atoms with van der Waals surface area (Å²) in [6.45, 7) is 5.30. The fourth-order valence-corrected chi connectivity index (χ4v) is 6.23. The van der Waals surface area contributed by atoms with E-state index >= 15 is 0 Å². The summed E-state index contributed by atoms with van der Waals surface area (Å²) in [5, 5.41) is 1.38. The van der Waals surface area contributed by atoms with Crippen LogP contribution in [0.15, 0.2) is 64.5 Å². The van der Waals surface area contributed by atoms with Crippen molar-refractivity contribution in [3.05, 3.63) is 81.2 Å². The minimum Gasteiger partial charge on any atom is -0.490 e. The standard InChI is InChI=1S/C25H24FN3O2S2/c1-2-28-13-12-18-21(16-28)33-23-22(18)24(30)29(17-8-4-3-5-9-17)25(27-23)32-15-14-31-20-11-7-6-10-19(20)26/h3-11H,2,12-16H2,1H3. The van der Waals surface area contributed by atoms with E-state index < -0.39 is 0 Å². The molecule has 8 heteroatoms. The fraction of sp³-hybridized carbons (Fsp3) is 0.280. The van der Waals surface area contributed by atoms with Crippen molar-refractivity contribution in [2.75, 3.05) is 25.4 Å². The Kier molecular flexibility index (Phi) is 6.48. The van der Waals surface area contributed by atoms with Gasteiger partial charge in [-0.15, -0.1) is 11.3 Å². The van der Waals surface area contributed by atoms with E-state index in [1.807, 2.05) is 30.3 Å². The molecule has 2 aromatic carbocycles. The molecule has 5 rings (SSSR count). The van der Waals surface area contributed by atoms with E-state index in [9.17, 15) is 9.18 Å². The number of thiophene rings is 1. The van der Waals surface area contributed by atoms with Gasteiger partial charge in [0.05, 0.1) is 17.7 Å². The highest BCUT2D eigenvalue weighted by Gasteiger charge is 2.25. The molecule has 0 saturated heterocycles. The van der Waals surface area contributed by atoms with E-state index in [0.717, 1.165) is 47.5 Å². The molecule has 0 bridgehead atoms. The summed E-state index contributed by atoms with van der Waals surface area (Å²) in [4.78, 5) is 23.1. The number of halogens is 1. The van der Waals surface area contributed by atoms with E-state index in [2.05, 4.69) is 11.8 Å². The van der Waals surface area contributed by atoms with Gasteiger partial charge in [-0.25, -0.2) is 9.37 Å². The van der Waals surface area contributed by atoms with Crippen LogP contribution in [0.1, 0.15) is 17.4 Å².